The summed E-state index contributed by atoms with van der Waals surface area (Å²) >= 11 is 0. The summed E-state index contributed by atoms with van der Waals surface area (Å²) < 4.78 is 32.1. The summed E-state index contributed by atoms with van der Waals surface area (Å²) in [5, 5.41) is 13.1. The number of aliphatic hydroxyl groups is 1. The van der Waals surface area contributed by atoms with E-state index in [1.807, 2.05) is 0 Å². The predicted octanol–water partition coefficient (Wildman–Crippen LogP) is 1.24. The lowest BCUT2D eigenvalue weighted by molar-refractivity contribution is 0.0599. The first-order chi connectivity index (χ1) is 8.04. The molecular formula is C12H15F2NO2. The van der Waals surface area contributed by atoms with Crippen LogP contribution in [0.15, 0.2) is 12.1 Å². The second kappa shape index (κ2) is 4.58. The zero-order chi connectivity index (χ0) is 12.5. The summed E-state index contributed by atoms with van der Waals surface area (Å²) in [7, 11) is 1.35. The van der Waals surface area contributed by atoms with Crippen molar-refractivity contribution in [2.24, 2.45) is 0 Å². The fourth-order valence-electron chi connectivity index (χ4n) is 2.08. The first-order valence-corrected chi connectivity index (χ1v) is 5.49. The Hall–Kier alpha value is -1.20. The van der Waals surface area contributed by atoms with E-state index >= 15 is 0 Å². The minimum Gasteiger partial charge on any atom is -0.497 e. The third-order valence-electron chi connectivity index (χ3n) is 3.08. The van der Waals surface area contributed by atoms with Gasteiger partial charge in [0.15, 0.2) is 0 Å². The van der Waals surface area contributed by atoms with Crippen molar-refractivity contribution in [1.82, 2.24) is 5.32 Å². The zero-order valence-electron chi connectivity index (χ0n) is 9.59. The number of halogens is 2. The smallest absolute Gasteiger partial charge is 0.133 e. The van der Waals surface area contributed by atoms with E-state index in [4.69, 9.17) is 4.74 Å². The molecule has 0 spiro atoms. The Kier molecular flexibility index (Phi) is 3.31. The van der Waals surface area contributed by atoms with E-state index in [0.717, 1.165) is 12.1 Å². The Morgan fingerprint density at radius 3 is 2.53 bits per heavy atom. The second-order valence-electron chi connectivity index (χ2n) is 4.40. The predicted molar refractivity (Wildman–Crippen MR) is 59.1 cm³/mol. The van der Waals surface area contributed by atoms with Crippen molar-refractivity contribution in [1.29, 1.82) is 0 Å². The summed E-state index contributed by atoms with van der Waals surface area (Å²) in [6.07, 6.45) is 0.472. The standard InChI is InChI=1S/C12H15F2NO2/c1-17-8-4-10(13)9(11(14)5-8)6-12(16)2-3-15-7-12/h4-5,15-16H,2-3,6-7H2,1H3. The highest BCUT2D eigenvalue weighted by Crippen LogP contribution is 2.26. The average molecular weight is 243 g/mol. The van der Waals surface area contributed by atoms with E-state index in [2.05, 4.69) is 5.32 Å². The number of rotatable bonds is 3. The SMILES string of the molecule is COc1cc(F)c(CC2(O)CCNC2)c(F)c1. The number of hydrogen-bond acceptors (Lipinski definition) is 3. The van der Waals surface area contributed by atoms with Crippen LogP contribution < -0.4 is 10.1 Å². The lowest BCUT2D eigenvalue weighted by atomic mass is 9.93. The van der Waals surface area contributed by atoms with Crippen molar-refractivity contribution < 1.29 is 18.6 Å². The van der Waals surface area contributed by atoms with E-state index < -0.39 is 17.2 Å². The molecule has 0 aliphatic carbocycles. The lowest BCUT2D eigenvalue weighted by Crippen LogP contribution is -2.34. The number of hydrogen-bond donors (Lipinski definition) is 2. The van der Waals surface area contributed by atoms with Crippen molar-refractivity contribution >= 4 is 0 Å². The van der Waals surface area contributed by atoms with Crippen LogP contribution in [0.1, 0.15) is 12.0 Å². The van der Waals surface area contributed by atoms with Crippen LogP contribution >= 0.6 is 0 Å². The van der Waals surface area contributed by atoms with Crippen LogP contribution in [0, 0.1) is 11.6 Å². The largest absolute Gasteiger partial charge is 0.497 e. The van der Waals surface area contributed by atoms with Crippen LogP contribution in [0.4, 0.5) is 8.78 Å². The lowest BCUT2D eigenvalue weighted by Gasteiger charge is -2.22. The van der Waals surface area contributed by atoms with Crippen molar-refractivity contribution in [3.63, 3.8) is 0 Å². The molecule has 1 unspecified atom stereocenters. The maximum atomic E-state index is 13.7. The number of methoxy groups -OCH3 is 1. The van der Waals surface area contributed by atoms with Crippen LogP contribution in [0.5, 0.6) is 5.75 Å². The Labute approximate surface area is 98.4 Å². The van der Waals surface area contributed by atoms with Gasteiger partial charge in [0.25, 0.3) is 0 Å². The topological polar surface area (TPSA) is 41.5 Å². The summed E-state index contributed by atoms with van der Waals surface area (Å²) in [4.78, 5) is 0. The van der Waals surface area contributed by atoms with Gasteiger partial charge in [-0.1, -0.05) is 0 Å². The van der Waals surface area contributed by atoms with Crippen LogP contribution in [0.25, 0.3) is 0 Å². The molecule has 17 heavy (non-hydrogen) atoms. The van der Waals surface area contributed by atoms with Crippen LogP contribution in [-0.2, 0) is 6.42 Å². The van der Waals surface area contributed by atoms with E-state index in [9.17, 15) is 13.9 Å². The number of ether oxygens (including phenoxy) is 1. The molecule has 1 heterocycles. The van der Waals surface area contributed by atoms with Gasteiger partial charge < -0.3 is 15.2 Å². The highest BCUT2D eigenvalue weighted by Gasteiger charge is 2.33. The van der Waals surface area contributed by atoms with E-state index in [0.29, 0.717) is 19.5 Å². The number of β-amino-alcohol motifs (C(OH)–C–C–N with tert-alkyl or cyclic N) is 1. The molecule has 94 valence electrons. The van der Waals surface area contributed by atoms with Gasteiger partial charge in [0.1, 0.15) is 17.4 Å². The third-order valence-corrected chi connectivity index (χ3v) is 3.08. The van der Waals surface area contributed by atoms with Gasteiger partial charge in [-0.3, -0.25) is 0 Å². The molecule has 2 rings (SSSR count). The quantitative estimate of drug-likeness (QED) is 0.839. The molecule has 5 heteroatoms. The number of benzene rings is 1. The minimum atomic E-state index is -1.06. The van der Waals surface area contributed by atoms with E-state index in [1.165, 1.54) is 7.11 Å². The fraction of sp³-hybridized carbons (Fsp3) is 0.500. The Morgan fingerprint density at radius 2 is 2.06 bits per heavy atom. The molecule has 1 atom stereocenters. The molecule has 0 bridgehead atoms. The van der Waals surface area contributed by atoms with Gasteiger partial charge in [-0.15, -0.1) is 0 Å². The summed E-state index contributed by atoms with van der Waals surface area (Å²) in [5.41, 5.74) is -1.15. The van der Waals surface area contributed by atoms with Gasteiger partial charge in [-0.2, -0.15) is 0 Å². The highest BCUT2D eigenvalue weighted by atomic mass is 19.1. The molecule has 0 radical (unpaired) electrons. The molecule has 2 N–H and O–H groups in total. The molecule has 1 aliphatic rings. The average Bonchev–Trinajstić information content (AvgIpc) is 2.70. The zero-order valence-corrected chi connectivity index (χ0v) is 9.59. The summed E-state index contributed by atoms with van der Waals surface area (Å²) in [6.45, 7) is 1.02. The summed E-state index contributed by atoms with van der Waals surface area (Å²) in [6, 6.07) is 2.26. The monoisotopic (exact) mass is 243 g/mol. The molecule has 1 fully saturated rings. The van der Waals surface area contributed by atoms with Crippen LogP contribution in [-0.4, -0.2) is 30.9 Å². The molecule has 1 aromatic carbocycles. The van der Waals surface area contributed by atoms with E-state index in [-0.39, 0.29) is 17.7 Å². The molecule has 1 aliphatic heterocycles. The van der Waals surface area contributed by atoms with Gasteiger partial charge >= 0.3 is 0 Å². The third kappa shape index (κ3) is 2.56. The van der Waals surface area contributed by atoms with Crippen LogP contribution in [0.3, 0.4) is 0 Å². The maximum Gasteiger partial charge on any atom is 0.133 e. The molecule has 0 amide bonds. The van der Waals surface area contributed by atoms with Crippen molar-refractivity contribution in [3.05, 3.63) is 29.3 Å². The second-order valence-corrected chi connectivity index (χ2v) is 4.40. The van der Waals surface area contributed by atoms with Crippen molar-refractivity contribution in [2.45, 2.75) is 18.4 Å². The van der Waals surface area contributed by atoms with E-state index in [1.54, 1.807) is 0 Å². The first-order valence-electron chi connectivity index (χ1n) is 5.49. The molecule has 0 aromatic heterocycles. The molecular weight excluding hydrogens is 228 g/mol. The normalized spacial score (nSPS) is 24.0. The first kappa shape index (κ1) is 12.3. The van der Waals surface area contributed by atoms with Crippen molar-refractivity contribution in [2.75, 3.05) is 20.2 Å². The van der Waals surface area contributed by atoms with Gasteiger partial charge in [-0.25, -0.2) is 8.78 Å². The van der Waals surface area contributed by atoms with Gasteiger partial charge in [0.2, 0.25) is 0 Å². The van der Waals surface area contributed by atoms with Crippen molar-refractivity contribution in [3.8, 4) is 5.75 Å². The molecule has 3 nitrogen and oxygen atoms in total. The Balaban J connectivity index is 2.26. The van der Waals surface area contributed by atoms with Gasteiger partial charge in [0, 0.05) is 30.7 Å². The summed E-state index contributed by atoms with van der Waals surface area (Å²) in [5.74, 6) is -1.22. The van der Waals surface area contributed by atoms with Gasteiger partial charge in [0.05, 0.1) is 12.7 Å². The minimum absolute atomic E-state index is 0.0261. The number of nitrogens with one attached hydrogen (secondary N) is 1. The van der Waals surface area contributed by atoms with Crippen LogP contribution in [0.2, 0.25) is 0 Å². The van der Waals surface area contributed by atoms with Gasteiger partial charge in [-0.05, 0) is 13.0 Å². The maximum absolute atomic E-state index is 13.7. The molecule has 1 aromatic rings. The highest BCUT2D eigenvalue weighted by molar-refractivity contribution is 5.31. The fourth-order valence-corrected chi connectivity index (χ4v) is 2.08. The Bertz CT molecular complexity index is 394. The Morgan fingerprint density at radius 1 is 1.41 bits per heavy atom. The molecule has 0 saturated carbocycles. The molecule has 1 saturated heterocycles.